The maximum absolute atomic E-state index is 14.5. The minimum Gasteiger partial charge on any atom is -0.444 e. The molecule has 11 nitrogen and oxygen atoms in total. The van der Waals surface area contributed by atoms with Crippen LogP contribution >= 0.6 is 11.6 Å². The van der Waals surface area contributed by atoms with Gasteiger partial charge in [-0.3, -0.25) is 24.1 Å². The Balaban J connectivity index is 1.23. The summed E-state index contributed by atoms with van der Waals surface area (Å²) >= 11 is 6.35. The van der Waals surface area contributed by atoms with Crippen LogP contribution in [-0.4, -0.2) is 70.5 Å². The summed E-state index contributed by atoms with van der Waals surface area (Å²) in [5.74, 6) is -1.41. The molecule has 0 radical (unpaired) electrons. The predicted octanol–water partition coefficient (Wildman–Crippen LogP) is 6.05. The summed E-state index contributed by atoms with van der Waals surface area (Å²) < 4.78 is 46.6. The topological polar surface area (TPSA) is 129 Å². The lowest BCUT2D eigenvalue weighted by Crippen LogP contribution is -2.58. The molecule has 282 valence electrons. The standard InChI is InChI=1S/C37H45ClF3N5O6/c1-5-23-16-36(23,33(49)44-51-20-21-12-13-21)43-31(47)29-15-26(52-34(50)45-17-22-8-6-11-28(38)27(22)19-45)18-46(29)32(48)30(35(2,3)4)42-25-10-7-9-24(14-25)37(39,40)41/h6-11,14,21,23,26,29-30,42H,5,12-13,15-20H2,1-4H3,(H,43,47)(H,44,49). The van der Waals surface area contributed by atoms with Gasteiger partial charge in [-0.1, -0.05) is 63.9 Å². The van der Waals surface area contributed by atoms with Crippen molar-refractivity contribution in [3.8, 4) is 0 Å². The number of hydroxylamine groups is 1. The first-order chi connectivity index (χ1) is 24.5. The first kappa shape index (κ1) is 37.7. The van der Waals surface area contributed by atoms with Crippen molar-refractivity contribution in [3.05, 3.63) is 64.2 Å². The van der Waals surface area contributed by atoms with E-state index in [2.05, 4.69) is 16.1 Å². The lowest BCUT2D eigenvalue weighted by molar-refractivity contribution is -0.144. The number of carbonyl (C=O) groups is 4. The summed E-state index contributed by atoms with van der Waals surface area (Å²) in [4.78, 5) is 63.7. The van der Waals surface area contributed by atoms with Crippen LogP contribution in [-0.2, 0) is 43.2 Å². The first-order valence-electron chi connectivity index (χ1n) is 17.7. The van der Waals surface area contributed by atoms with Gasteiger partial charge < -0.3 is 20.3 Å². The second kappa shape index (κ2) is 14.4. The van der Waals surface area contributed by atoms with Crippen molar-refractivity contribution in [1.82, 2.24) is 20.6 Å². The molecule has 52 heavy (non-hydrogen) atoms. The van der Waals surface area contributed by atoms with E-state index in [1.165, 1.54) is 21.9 Å². The van der Waals surface area contributed by atoms with Crippen LogP contribution in [0.3, 0.4) is 0 Å². The summed E-state index contributed by atoms with van der Waals surface area (Å²) in [6.45, 7) is 7.92. The van der Waals surface area contributed by atoms with Crippen molar-refractivity contribution < 1.29 is 41.9 Å². The quantitative estimate of drug-likeness (QED) is 0.239. The van der Waals surface area contributed by atoms with Crippen molar-refractivity contribution in [2.75, 3.05) is 18.5 Å². The van der Waals surface area contributed by atoms with E-state index in [0.29, 0.717) is 30.4 Å². The minimum atomic E-state index is -4.60. The lowest BCUT2D eigenvalue weighted by Gasteiger charge is -2.36. The Morgan fingerprint density at radius 1 is 1.06 bits per heavy atom. The predicted molar refractivity (Wildman–Crippen MR) is 185 cm³/mol. The summed E-state index contributed by atoms with van der Waals surface area (Å²) in [7, 11) is 0. The zero-order valence-corrected chi connectivity index (χ0v) is 30.4. The molecular formula is C37H45ClF3N5O6. The molecule has 3 N–H and O–H groups in total. The van der Waals surface area contributed by atoms with Crippen LogP contribution in [0, 0.1) is 17.3 Å². The second-order valence-corrected chi connectivity index (χ2v) is 15.9. The fourth-order valence-electron chi connectivity index (χ4n) is 7.08. The maximum atomic E-state index is 14.5. The third-order valence-corrected chi connectivity index (χ3v) is 10.8. The number of rotatable bonds is 11. The highest BCUT2D eigenvalue weighted by atomic mass is 35.5. The summed E-state index contributed by atoms with van der Waals surface area (Å²) in [6.07, 6.45) is -3.14. The van der Waals surface area contributed by atoms with E-state index in [4.69, 9.17) is 21.2 Å². The van der Waals surface area contributed by atoms with Gasteiger partial charge in [-0.05, 0) is 71.9 Å². The molecule has 3 fully saturated rings. The van der Waals surface area contributed by atoms with Gasteiger partial charge >= 0.3 is 12.3 Å². The number of anilines is 1. The highest BCUT2D eigenvalue weighted by molar-refractivity contribution is 6.31. The molecule has 0 aromatic heterocycles. The van der Waals surface area contributed by atoms with E-state index in [9.17, 15) is 32.3 Å². The second-order valence-electron chi connectivity index (χ2n) is 15.5. The number of nitrogens with one attached hydrogen (secondary N) is 3. The van der Waals surface area contributed by atoms with Crippen LogP contribution in [0.15, 0.2) is 42.5 Å². The number of amides is 4. The summed E-state index contributed by atoms with van der Waals surface area (Å²) in [6, 6.07) is 7.73. The Morgan fingerprint density at radius 2 is 1.79 bits per heavy atom. The Labute approximate surface area is 305 Å². The van der Waals surface area contributed by atoms with Gasteiger partial charge in [0.05, 0.1) is 25.3 Å². The average Bonchev–Trinajstić information content (AvgIpc) is 3.94. The molecule has 2 aromatic carbocycles. The van der Waals surface area contributed by atoms with Crippen molar-refractivity contribution >= 4 is 41.1 Å². The lowest BCUT2D eigenvalue weighted by atomic mass is 9.85. The van der Waals surface area contributed by atoms with Crippen LogP contribution in [0.2, 0.25) is 5.02 Å². The van der Waals surface area contributed by atoms with Gasteiger partial charge in [0.15, 0.2) is 0 Å². The van der Waals surface area contributed by atoms with Gasteiger partial charge in [-0.2, -0.15) is 13.2 Å². The van der Waals surface area contributed by atoms with Crippen LogP contribution in [0.25, 0.3) is 0 Å². The number of benzene rings is 2. The number of alkyl halides is 3. The van der Waals surface area contributed by atoms with Crippen LogP contribution in [0.5, 0.6) is 0 Å². The van der Waals surface area contributed by atoms with E-state index in [1.807, 2.05) is 13.0 Å². The number of halogens is 4. The van der Waals surface area contributed by atoms with Crippen molar-refractivity contribution in [1.29, 1.82) is 0 Å². The fourth-order valence-corrected chi connectivity index (χ4v) is 7.34. The third kappa shape index (κ3) is 8.12. The van der Waals surface area contributed by atoms with Crippen LogP contribution < -0.4 is 16.1 Å². The van der Waals surface area contributed by atoms with Crippen LogP contribution in [0.1, 0.15) is 76.5 Å². The minimum absolute atomic E-state index is 0.0576. The number of ether oxygens (including phenoxy) is 1. The van der Waals surface area contributed by atoms with E-state index < -0.39 is 64.7 Å². The van der Waals surface area contributed by atoms with Gasteiger partial charge in [0, 0.05) is 23.7 Å². The molecule has 2 heterocycles. The zero-order valence-electron chi connectivity index (χ0n) is 29.6. The maximum Gasteiger partial charge on any atom is 0.416 e. The number of likely N-dealkylation sites (tertiary alicyclic amines) is 1. The van der Waals surface area contributed by atoms with Gasteiger partial charge in [0.25, 0.3) is 5.91 Å². The SMILES string of the molecule is CCC1CC1(NC(=O)C1CC(OC(=O)N2Cc3cccc(Cl)c3C2)CN1C(=O)C(Nc1cccc(C(F)(F)F)c1)C(C)(C)C)C(=O)NOCC1CC1. The Hall–Kier alpha value is -4.04. The molecule has 6 rings (SSSR count). The van der Waals surface area contributed by atoms with Crippen LogP contribution in [0.4, 0.5) is 23.7 Å². The molecule has 5 atom stereocenters. The molecule has 2 aliphatic heterocycles. The molecule has 4 amide bonds. The fraction of sp³-hybridized carbons (Fsp3) is 0.568. The normalized spacial score (nSPS) is 24.6. The van der Waals surface area contributed by atoms with E-state index >= 15 is 0 Å². The first-order valence-corrected chi connectivity index (χ1v) is 18.1. The number of hydrogen-bond donors (Lipinski definition) is 3. The number of nitrogens with zero attached hydrogens (tertiary/aromatic N) is 2. The smallest absolute Gasteiger partial charge is 0.416 e. The highest BCUT2D eigenvalue weighted by Crippen LogP contribution is 2.46. The summed E-state index contributed by atoms with van der Waals surface area (Å²) in [5, 5.41) is 6.43. The Bertz CT molecular complexity index is 1720. The molecule has 0 spiro atoms. The van der Waals surface area contributed by atoms with E-state index in [-0.39, 0.29) is 37.7 Å². The third-order valence-electron chi connectivity index (χ3n) is 10.4. The van der Waals surface area contributed by atoms with Gasteiger partial charge in [0.2, 0.25) is 11.8 Å². The molecule has 15 heteroatoms. The number of fused-ring (bicyclic) bond motifs is 1. The molecule has 1 saturated heterocycles. The van der Waals surface area contributed by atoms with Crippen molar-refractivity contribution in [2.45, 2.75) is 103 Å². The largest absolute Gasteiger partial charge is 0.444 e. The van der Waals surface area contributed by atoms with E-state index in [1.54, 1.807) is 32.9 Å². The van der Waals surface area contributed by atoms with Gasteiger partial charge in [-0.15, -0.1) is 0 Å². The Morgan fingerprint density at radius 3 is 2.42 bits per heavy atom. The molecule has 4 aliphatic rings. The zero-order chi connectivity index (χ0) is 37.6. The molecular weight excluding hydrogens is 703 g/mol. The number of carbonyl (C=O) groups excluding carboxylic acids is 4. The Kier molecular flexibility index (Phi) is 10.5. The molecule has 2 aliphatic carbocycles. The molecule has 2 saturated carbocycles. The monoisotopic (exact) mass is 747 g/mol. The van der Waals surface area contributed by atoms with Crippen molar-refractivity contribution in [3.63, 3.8) is 0 Å². The van der Waals surface area contributed by atoms with Gasteiger partial charge in [0.1, 0.15) is 23.7 Å². The highest BCUT2D eigenvalue weighted by Gasteiger charge is 2.61. The average molecular weight is 748 g/mol. The molecule has 2 aromatic rings. The molecule has 5 unspecified atom stereocenters. The molecule has 0 bridgehead atoms. The van der Waals surface area contributed by atoms with E-state index in [0.717, 1.165) is 36.1 Å². The van der Waals surface area contributed by atoms with Crippen molar-refractivity contribution in [2.24, 2.45) is 17.3 Å². The van der Waals surface area contributed by atoms with Gasteiger partial charge in [-0.25, -0.2) is 10.3 Å². The number of hydrogen-bond acceptors (Lipinski definition) is 7. The summed E-state index contributed by atoms with van der Waals surface area (Å²) in [5.41, 5.74) is 1.32.